The predicted octanol–water partition coefficient (Wildman–Crippen LogP) is 11.9. The minimum atomic E-state index is 1.24. The van der Waals surface area contributed by atoms with E-state index in [1.807, 2.05) is 0 Å². The van der Waals surface area contributed by atoms with Crippen LogP contribution in [0.15, 0.2) is 158 Å². The second kappa shape index (κ2) is 9.03. The van der Waals surface area contributed by atoms with Crippen LogP contribution < -0.4 is 0 Å². The molecule has 9 aromatic rings. The Balaban J connectivity index is 1.34. The van der Waals surface area contributed by atoms with Gasteiger partial charge in [-0.2, -0.15) is 0 Å². The number of rotatable bonds is 3. The summed E-state index contributed by atoms with van der Waals surface area (Å²) in [5.41, 5.74) is 7.61. The summed E-state index contributed by atoms with van der Waals surface area (Å²) >= 11 is 0. The zero-order valence-corrected chi connectivity index (χ0v) is 23.0. The molecular weight excluding hydrogens is 504 g/mol. The molecule has 194 valence electrons. The molecule has 0 aliphatic rings. The highest BCUT2D eigenvalue weighted by molar-refractivity contribution is 6.28. The van der Waals surface area contributed by atoms with Crippen LogP contribution >= 0.6 is 0 Å². The second-order valence-corrected chi connectivity index (χ2v) is 11.3. The molecule has 0 saturated carbocycles. The molecule has 0 N–H and O–H groups in total. The van der Waals surface area contributed by atoms with Crippen LogP contribution in [0.5, 0.6) is 0 Å². The lowest BCUT2D eigenvalue weighted by Crippen LogP contribution is -1.91. The number of fused-ring (bicyclic) bond motifs is 2. The third kappa shape index (κ3) is 3.42. The van der Waals surface area contributed by atoms with Gasteiger partial charge in [0.05, 0.1) is 0 Å². The highest BCUT2D eigenvalue weighted by atomic mass is 14.2. The summed E-state index contributed by atoms with van der Waals surface area (Å²) in [4.78, 5) is 0. The zero-order valence-electron chi connectivity index (χ0n) is 23.0. The normalized spacial score (nSPS) is 11.8. The highest BCUT2D eigenvalue weighted by Crippen LogP contribution is 2.45. The summed E-state index contributed by atoms with van der Waals surface area (Å²) in [6.07, 6.45) is 0. The zero-order chi connectivity index (χ0) is 27.6. The molecular formula is C42H26. The fourth-order valence-electron chi connectivity index (χ4n) is 7.07. The third-order valence-electron chi connectivity index (χ3n) is 9.00. The minimum absolute atomic E-state index is 1.24. The summed E-state index contributed by atoms with van der Waals surface area (Å²) in [5, 5.41) is 13.0. The smallest absolute Gasteiger partial charge is 0.00203 e. The Hall–Kier alpha value is -5.46. The van der Waals surface area contributed by atoms with Crippen LogP contribution in [0, 0.1) is 0 Å². The predicted molar refractivity (Wildman–Crippen MR) is 181 cm³/mol. The van der Waals surface area contributed by atoms with Crippen LogP contribution in [0.1, 0.15) is 0 Å². The van der Waals surface area contributed by atoms with Crippen LogP contribution in [0.4, 0.5) is 0 Å². The molecule has 42 heavy (non-hydrogen) atoms. The molecule has 0 aromatic heterocycles. The molecule has 0 spiro atoms. The van der Waals surface area contributed by atoms with Gasteiger partial charge >= 0.3 is 0 Å². The van der Waals surface area contributed by atoms with Crippen molar-refractivity contribution in [2.75, 3.05) is 0 Å². The third-order valence-corrected chi connectivity index (χ3v) is 9.00. The van der Waals surface area contributed by atoms with Gasteiger partial charge in [0.15, 0.2) is 0 Å². The molecule has 0 saturated heterocycles. The van der Waals surface area contributed by atoms with E-state index in [9.17, 15) is 0 Å². The molecule has 0 radical (unpaired) electrons. The summed E-state index contributed by atoms with van der Waals surface area (Å²) in [6.45, 7) is 0. The molecule has 0 amide bonds. The second-order valence-electron chi connectivity index (χ2n) is 11.3. The van der Waals surface area contributed by atoms with Gasteiger partial charge in [0.2, 0.25) is 0 Å². The first-order chi connectivity index (χ1) is 20.8. The van der Waals surface area contributed by atoms with Gasteiger partial charge in [-0.15, -0.1) is 0 Å². The van der Waals surface area contributed by atoms with E-state index in [2.05, 4.69) is 158 Å². The monoisotopic (exact) mass is 530 g/mol. The van der Waals surface area contributed by atoms with Crippen molar-refractivity contribution in [3.05, 3.63) is 158 Å². The Labute approximate surface area is 244 Å². The number of benzene rings is 9. The van der Waals surface area contributed by atoms with Crippen molar-refractivity contribution in [1.29, 1.82) is 0 Å². The van der Waals surface area contributed by atoms with Gasteiger partial charge in [-0.05, 0) is 93.3 Å². The van der Waals surface area contributed by atoms with Crippen LogP contribution in [-0.2, 0) is 0 Å². The lowest BCUT2D eigenvalue weighted by atomic mass is 9.85. The largest absolute Gasteiger partial charge is 0.0622 e. The van der Waals surface area contributed by atoms with Crippen molar-refractivity contribution >= 4 is 53.9 Å². The SMILES string of the molecule is c1ccc(-c2cccc3cccc(-c4ccc5ccc6c(-c7ccc8ccccc8c7)ccc7ccc4c5c76)c23)cc1. The van der Waals surface area contributed by atoms with Gasteiger partial charge in [0.1, 0.15) is 0 Å². The molecule has 0 nitrogen and oxygen atoms in total. The van der Waals surface area contributed by atoms with E-state index in [0.29, 0.717) is 0 Å². The Morgan fingerprint density at radius 3 is 1.55 bits per heavy atom. The first-order valence-electron chi connectivity index (χ1n) is 14.6. The molecule has 0 atom stereocenters. The van der Waals surface area contributed by atoms with Gasteiger partial charge in [-0.1, -0.05) is 152 Å². The van der Waals surface area contributed by atoms with Gasteiger partial charge in [0, 0.05) is 0 Å². The molecule has 0 aliphatic heterocycles. The van der Waals surface area contributed by atoms with Crippen LogP contribution in [0.25, 0.3) is 87.2 Å². The summed E-state index contributed by atoms with van der Waals surface area (Å²) < 4.78 is 0. The molecule has 9 aromatic carbocycles. The van der Waals surface area contributed by atoms with Crippen molar-refractivity contribution < 1.29 is 0 Å². The van der Waals surface area contributed by atoms with E-state index < -0.39 is 0 Å². The summed E-state index contributed by atoms with van der Waals surface area (Å²) in [5.74, 6) is 0. The molecule has 0 bridgehead atoms. The molecule has 9 rings (SSSR count). The molecule has 0 aliphatic carbocycles. The van der Waals surface area contributed by atoms with E-state index in [0.717, 1.165) is 0 Å². The quantitative estimate of drug-likeness (QED) is 0.199. The Morgan fingerprint density at radius 1 is 0.238 bits per heavy atom. The van der Waals surface area contributed by atoms with Crippen molar-refractivity contribution in [3.8, 4) is 33.4 Å². The lowest BCUT2D eigenvalue weighted by molar-refractivity contribution is 1.64. The first kappa shape index (κ1) is 23.3. The van der Waals surface area contributed by atoms with Crippen molar-refractivity contribution in [3.63, 3.8) is 0 Å². The fraction of sp³-hybridized carbons (Fsp3) is 0. The van der Waals surface area contributed by atoms with E-state index in [-0.39, 0.29) is 0 Å². The Morgan fingerprint density at radius 2 is 0.786 bits per heavy atom. The molecule has 0 fully saturated rings. The van der Waals surface area contributed by atoms with Crippen molar-refractivity contribution in [2.24, 2.45) is 0 Å². The number of hydrogen-bond donors (Lipinski definition) is 0. The maximum absolute atomic E-state index is 2.33. The lowest BCUT2D eigenvalue weighted by Gasteiger charge is -2.18. The van der Waals surface area contributed by atoms with E-state index in [1.165, 1.54) is 87.2 Å². The van der Waals surface area contributed by atoms with Gasteiger partial charge in [0.25, 0.3) is 0 Å². The van der Waals surface area contributed by atoms with E-state index in [1.54, 1.807) is 0 Å². The van der Waals surface area contributed by atoms with Gasteiger partial charge in [-0.3, -0.25) is 0 Å². The molecule has 0 heteroatoms. The Bertz CT molecular complexity index is 2440. The summed E-state index contributed by atoms with van der Waals surface area (Å²) in [6, 6.07) is 58.1. The van der Waals surface area contributed by atoms with Crippen molar-refractivity contribution in [1.82, 2.24) is 0 Å². The maximum atomic E-state index is 2.33. The van der Waals surface area contributed by atoms with Crippen molar-refractivity contribution in [2.45, 2.75) is 0 Å². The average Bonchev–Trinajstić information content (AvgIpc) is 3.06. The number of hydrogen-bond acceptors (Lipinski definition) is 0. The minimum Gasteiger partial charge on any atom is -0.0622 e. The van der Waals surface area contributed by atoms with Crippen LogP contribution in [0.3, 0.4) is 0 Å². The summed E-state index contributed by atoms with van der Waals surface area (Å²) in [7, 11) is 0. The van der Waals surface area contributed by atoms with E-state index in [4.69, 9.17) is 0 Å². The van der Waals surface area contributed by atoms with Crippen LogP contribution in [0.2, 0.25) is 0 Å². The maximum Gasteiger partial charge on any atom is -0.00203 e. The Kier molecular flexibility index (Phi) is 5.00. The average molecular weight is 531 g/mol. The first-order valence-corrected chi connectivity index (χ1v) is 14.6. The van der Waals surface area contributed by atoms with Crippen LogP contribution in [-0.4, -0.2) is 0 Å². The van der Waals surface area contributed by atoms with Gasteiger partial charge < -0.3 is 0 Å². The standard InChI is InChI=1S/C42H26/c1-2-9-28(10-3-1)35-14-6-12-29-13-7-15-37(40(29)35)36-23-19-31-20-24-38-34(22-18-30-21-25-39(36)42(31)41(30)38)33-17-16-27-8-4-5-11-32(27)26-33/h1-26H. The molecule has 0 heterocycles. The fourth-order valence-corrected chi connectivity index (χ4v) is 7.07. The van der Waals surface area contributed by atoms with Gasteiger partial charge in [-0.25, -0.2) is 0 Å². The highest BCUT2D eigenvalue weighted by Gasteiger charge is 2.17. The van der Waals surface area contributed by atoms with E-state index >= 15 is 0 Å². The molecule has 0 unspecified atom stereocenters. The topological polar surface area (TPSA) is 0 Å².